The lowest BCUT2D eigenvalue weighted by molar-refractivity contribution is -0.385. The summed E-state index contributed by atoms with van der Waals surface area (Å²) < 4.78 is 5.92. The number of nitro groups is 1. The van der Waals surface area contributed by atoms with Gasteiger partial charge in [-0.3, -0.25) is 14.9 Å². The first-order chi connectivity index (χ1) is 11.9. The zero-order chi connectivity index (χ0) is 18.2. The van der Waals surface area contributed by atoms with Gasteiger partial charge in [-0.1, -0.05) is 25.0 Å². The largest absolute Gasteiger partial charge is 0.378 e. The average Bonchev–Trinajstić information content (AvgIpc) is 3.09. The fourth-order valence-corrected chi connectivity index (χ4v) is 4.80. The number of aryl methyl sites for hydroxylation is 1. The van der Waals surface area contributed by atoms with Crippen LogP contribution in [0.4, 0.5) is 5.69 Å². The van der Waals surface area contributed by atoms with Crippen molar-refractivity contribution >= 4 is 11.6 Å². The number of nitrogens with zero attached hydrogens (tertiary/aromatic N) is 2. The summed E-state index contributed by atoms with van der Waals surface area (Å²) >= 11 is 0. The van der Waals surface area contributed by atoms with Crippen LogP contribution < -0.4 is 0 Å². The Balaban J connectivity index is 1.87. The van der Waals surface area contributed by atoms with Crippen molar-refractivity contribution in [1.29, 1.82) is 0 Å². The minimum absolute atomic E-state index is 0.0268. The molecule has 0 radical (unpaired) electrons. The third-order valence-electron chi connectivity index (χ3n) is 6.08. The minimum atomic E-state index is -0.453. The Kier molecular flexibility index (Phi) is 4.82. The monoisotopic (exact) mass is 346 g/mol. The molecule has 0 heterocycles. The number of hydrogen-bond donors (Lipinski definition) is 0. The van der Waals surface area contributed by atoms with Gasteiger partial charge in [0, 0.05) is 30.7 Å². The first-order valence-electron chi connectivity index (χ1n) is 9.05. The Bertz CT molecular complexity index is 682. The molecule has 136 valence electrons. The van der Waals surface area contributed by atoms with Gasteiger partial charge in [-0.2, -0.15) is 0 Å². The van der Waals surface area contributed by atoms with Gasteiger partial charge in [0.05, 0.1) is 11.0 Å². The molecular weight excluding hydrogens is 320 g/mol. The van der Waals surface area contributed by atoms with Crippen LogP contribution in [0.2, 0.25) is 0 Å². The zero-order valence-electron chi connectivity index (χ0n) is 15.2. The molecule has 2 fully saturated rings. The number of para-hydroxylation sites is 1. The molecule has 0 aromatic heterocycles. The maximum atomic E-state index is 13.0. The standard InChI is InChI=1S/C19H26N2O4/c1-4-25-16-12-15(19(16)10-5-6-11-19)20(3)18(22)14-9-7-8-13(2)17(14)21(23)24/h7-9,15-16H,4-6,10-12H2,1-3H3/t15-,16-/m0/s1. The van der Waals surface area contributed by atoms with Gasteiger partial charge < -0.3 is 9.64 Å². The van der Waals surface area contributed by atoms with Crippen molar-refractivity contribution in [3.8, 4) is 0 Å². The molecule has 6 nitrogen and oxygen atoms in total. The molecule has 1 amide bonds. The van der Waals surface area contributed by atoms with E-state index in [0.717, 1.165) is 32.1 Å². The molecule has 1 aromatic rings. The molecule has 2 saturated carbocycles. The van der Waals surface area contributed by atoms with E-state index in [4.69, 9.17) is 4.74 Å². The van der Waals surface area contributed by atoms with E-state index in [0.29, 0.717) is 12.2 Å². The minimum Gasteiger partial charge on any atom is -0.378 e. The number of carbonyl (C=O) groups excluding carboxylic acids is 1. The molecular formula is C19H26N2O4. The number of nitro benzene ring substituents is 1. The van der Waals surface area contributed by atoms with Crippen molar-refractivity contribution < 1.29 is 14.5 Å². The zero-order valence-corrected chi connectivity index (χ0v) is 15.2. The van der Waals surface area contributed by atoms with E-state index in [1.54, 1.807) is 37.1 Å². The van der Waals surface area contributed by atoms with Gasteiger partial charge in [0.1, 0.15) is 5.56 Å². The summed E-state index contributed by atoms with van der Waals surface area (Å²) in [6.07, 6.45) is 5.47. The molecule has 2 atom stereocenters. The number of benzene rings is 1. The van der Waals surface area contributed by atoms with Crippen LogP contribution in [0.25, 0.3) is 0 Å². The van der Waals surface area contributed by atoms with Crippen molar-refractivity contribution in [2.24, 2.45) is 5.41 Å². The van der Waals surface area contributed by atoms with Crippen LogP contribution >= 0.6 is 0 Å². The molecule has 0 aliphatic heterocycles. The van der Waals surface area contributed by atoms with Crippen LogP contribution in [0.1, 0.15) is 54.9 Å². The Hall–Kier alpha value is -1.95. The highest BCUT2D eigenvalue weighted by molar-refractivity contribution is 5.98. The first-order valence-corrected chi connectivity index (χ1v) is 9.05. The lowest BCUT2D eigenvalue weighted by Crippen LogP contribution is -2.64. The van der Waals surface area contributed by atoms with Gasteiger partial charge in [0.15, 0.2) is 0 Å². The molecule has 2 aliphatic rings. The van der Waals surface area contributed by atoms with Gasteiger partial charge in [-0.15, -0.1) is 0 Å². The number of hydrogen-bond acceptors (Lipinski definition) is 4. The Morgan fingerprint density at radius 1 is 1.40 bits per heavy atom. The normalized spacial score (nSPS) is 24.1. The van der Waals surface area contributed by atoms with Crippen molar-refractivity contribution in [1.82, 2.24) is 4.90 Å². The summed E-state index contributed by atoms with van der Waals surface area (Å²) in [6, 6.07) is 5.03. The second-order valence-electron chi connectivity index (χ2n) is 7.28. The van der Waals surface area contributed by atoms with Gasteiger partial charge in [-0.05, 0) is 39.2 Å². The second kappa shape index (κ2) is 6.75. The summed E-state index contributed by atoms with van der Waals surface area (Å²) in [4.78, 5) is 25.7. The van der Waals surface area contributed by atoms with Gasteiger partial charge in [0.2, 0.25) is 0 Å². The predicted octanol–water partition coefficient (Wildman–Crippen LogP) is 3.71. The number of rotatable bonds is 5. The van der Waals surface area contributed by atoms with Crippen LogP contribution in [-0.4, -0.2) is 41.5 Å². The van der Waals surface area contributed by atoms with Crippen LogP contribution in [0, 0.1) is 22.5 Å². The van der Waals surface area contributed by atoms with Crippen molar-refractivity contribution in [3.63, 3.8) is 0 Å². The third kappa shape index (κ3) is 2.82. The Morgan fingerprint density at radius 2 is 2.08 bits per heavy atom. The maximum Gasteiger partial charge on any atom is 0.285 e. The predicted molar refractivity (Wildman–Crippen MR) is 94.6 cm³/mol. The number of ether oxygens (including phenoxy) is 1. The fourth-order valence-electron chi connectivity index (χ4n) is 4.80. The van der Waals surface area contributed by atoms with E-state index in [2.05, 4.69) is 0 Å². The molecule has 0 saturated heterocycles. The van der Waals surface area contributed by atoms with Crippen LogP contribution in [0.5, 0.6) is 0 Å². The third-order valence-corrected chi connectivity index (χ3v) is 6.08. The van der Waals surface area contributed by atoms with Crippen LogP contribution in [-0.2, 0) is 4.74 Å². The quantitative estimate of drug-likeness (QED) is 0.602. The second-order valence-corrected chi connectivity index (χ2v) is 7.28. The summed E-state index contributed by atoms with van der Waals surface area (Å²) in [7, 11) is 1.78. The summed E-state index contributed by atoms with van der Waals surface area (Å²) in [6.45, 7) is 4.35. The van der Waals surface area contributed by atoms with Gasteiger partial charge >= 0.3 is 0 Å². The number of amides is 1. The smallest absolute Gasteiger partial charge is 0.285 e. The van der Waals surface area contributed by atoms with Gasteiger partial charge in [0.25, 0.3) is 11.6 Å². The fraction of sp³-hybridized carbons (Fsp3) is 0.632. The number of carbonyl (C=O) groups is 1. The molecule has 2 aliphatic carbocycles. The summed E-state index contributed by atoms with van der Waals surface area (Å²) in [5.74, 6) is -0.262. The highest BCUT2D eigenvalue weighted by atomic mass is 16.6. The van der Waals surface area contributed by atoms with Crippen LogP contribution in [0.15, 0.2) is 18.2 Å². The van der Waals surface area contributed by atoms with E-state index in [1.807, 2.05) is 6.92 Å². The van der Waals surface area contributed by atoms with E-state index in [9.17, 15) is 14.9 Å². The van der Waals surface area contributed by atoms with E-state index < -0.39 is 4.92 Å². The molecule has 0 N–H and O–H groups in total. The Morgan fingerprint density at radius 3 is 2.68 bits per heavy atom. The molecule has 0 bridgehead atoms. The van der Waals surface area contributed by atoms with Crippen molar-refractivity contribution in [2.75, 3.05) is 13.7 Å². The van der Waals surface area contributed by atoms with Gasteiger partial charge in [-0.25, -0.2) is 0 Å². The molecule has 1 aromatic carbocycles. The molecule has 0 unspecified atom stereocenters. The lowest BCUT2D eigenvalue weighted by atomic mass is 9.60. The topological polar surface area (TPSA) is 72.7 Å². The maximum absolute atomic E-state index is 13.0. The first kappa shape index (κ1) is 17.9. The molecule has 1 spiro atoms. The molecule has 6 heteroatoms. The average molecular weight is 346 g/mol. The van der Waals surface area contributed by atoms with E-state index in [1.165, 1.54) is 0 Å². The SMILES string of the molecule is CCO[C@H]1C[C@H](N(C)C(=O)c2cccc(C)c2[N+](=O)[O-])C12CCCC2. The molecule has 3 rings (SSSR count). The Labute approximate surface area is 148 Å². The highest BCUT2D eigenvalue weighted by Crippen LogP contribution is 2.56. The van der Waals surface area contributed by atoms with E-state index in [-0.39, 0.29) is 34.7 Å². The lowest BCUT2D eigenvalue weighted by Gasteiger charge is -2.56. The van der Waals surface area contributed by atoms with Crippen molar-refractivity contribution in [3.05, 3.63) is 39.4 Å². The van der Waals surface area contributed by atoms with Crippen LogP contribution in [0.3, 0.4) is 0 Å². The summed E-state index contributed by atoms with van der Waals surface area (Å²) in [5.41, 5.74) is 0.639. The highest BCUT2D eigenvalue weighted by Gasteiger charge is 2.59. The van der Waals surface area contributed by atoms with Crippen molar-refractivity contribution in [2.45, 2.75) is 58.1 Å². The molecule has 25 heavy (non-hydrogen) atoms. The van der Waals surface area contributed by atoms with E-state index >= 15 is 0 Å². The summed E-state index contributed by atoms with van der Waals surface area (Å²) in [5, 5.41) is 11.4.